The van der Waals surface area contributed by atoms with E-state index in [0.29, 0.717) is 18.5 Å². The number of hydrogen-bond donors (Lipinski definition) is 2. The van der Waals surface area contributed by atoms with E-state index in [1.165, 1.54) is 0 Å². The molecule has 1 aliphatic heterocycles. The van der Waals surface area contributed by atoms with E-state index >= 15 is 0 Å². The van der Waals surface area contributed by atoms with Crippen LogP contribution in [0.25, 0.3) is 0 Å². The zero-order chi connectivity index (χ0) is 14.6. The molecule has 5 heteroatoms. The summed E-state index contributed by atoms with van der Waals surface area (Å²) in [5, 5.41) is 12.7. The summed E-state index contributed by atoms with van der Waals surface area (Å²) < 4.78 is 5.50. The van der Waals surface area contributed by atoms with Crippen molar-refractivity contribution in [2.45, 2.75) is 63.6 Å². The van der Waals surface area contributed by atoms with Gasteiger partial charge in [0.05, 0.1) is 13.2 Å². The Hall–Kier alpha value is -0.650. The van der Waals surface area contributed by atoms with Gasteiger partial charge >= 0.3 is 5.97 Å². The maximum absolute atomic E-state index is 11.5. The van der Waals surface area contributed by atoms with Crippen LogP contribution in [0.4, 0.5) is 0 Å². The third kappa shape index (κ3) is 4.17. The Bertz CT molecular complexity index is 333. The van der Waals surface area contributed by atoms with Crippen LogP contribution in [0.2, 0.25) is 0 Å². The third-order valence-electron chi connectivity index (χ3n) is 4.51. The lowest BCUT2D eigenvalue weighted by atomic mass is 9.95. The van der Waals surface area contributed by atoms with E-state index in [1.807, 2.05) is 6.92 Å². The monoisotopic (exact) mass is 284 g/mol. The minimum Gasteiger partial charge on any atom is -0.480 e. The van der Waals surface area contributed by atoms with Gasteiger partial charge in [-0.1, -0.05) is 6.92 Å². The Morgan fingerprint density at radius 3 is 2.85 bits per heavy atom. The standard InChI is InChI=1S/C15H28N2O3/c1-3-13-11-20-10-9-17(13)8-4-7-15(2,14(18)19)16-12-5-6-12/h12-13,16H,3-11H2,1-2H3,(H,18,19). The molecule has 2 rings (SSSR count). The van der Waals surface area contributed by atoms with E-state index in [2.05, 4.69) is 17.1 Å². The van der Waals surface area contributed by atoms with Crippen molar-refractivity contribution in [3.63, 3.8) is 0 Å². The van der Waals surface area contributed by atoms with Crippen LogP contribution < -0.4 is 5.32 Å². The number of carboxylic acids is 1. The van der Waals surface area contributed by atoms with Crippen LogP contribution in [0.1, 0.15) is 46.0 Å². The van der Waals surface area contributed by atoms with E-state index in [9.17, 15) is 9.90 Å². The van der Waals surface area contributed by atoms with E-state index in [-0.39, 0.29) is 0 Å². The highest BCUT2D eigenvalue weighted by atomic mass is 16.5. The first-order chi connectivity index (χ1) is 9.55. The lowest BCUT2D eigenvalue weighted by Crippen LogP contribution is -2.51. The molecule has 1 saturated carbocycles. The topological polar surface area (TPSA) is 61.8 Å². The van der Waals surface area contributed by atoms with E-state index in [4.69, 9.17) is 4.74 Å². The summed E-state index contributed by atoms with van der Waals surface area (Å²) in [7, 11) is 0. The highest BCUT2D eigenvalue weighted by molar-refractivity contribution is 5.78. The number of aliphatic carboxylic acids is 1. The molecule has 2 N–H and O–H groups in total. The van der Waals surface area contributed by atoms with Gasteiger partial charge in [0.25, 0.3) is 0 Å². The Balaban J connectivity index is 1.78. The van der Waals surface area contributed by atoms with Gasteiger partial charge in [0.15, 0.2) is 0 Å². The van der Waals surface area contributed by atoms with Gasteiger partial charge in [-0.25, -0.2) is 0 Å². The fourth-order valence-electron chi connectivity index (χ4n) is 2.91. The predicted molar refractivity (Wildman–Crippen MR) is 77.9 cm³/mol. The van der Waals surface area contributed by atoms with Gasteiger partial charge in [-0.2, -0.15) is 0 Å². The van der Waals surface area contributed by atoms with Gasteiger partial charge in [-0.15, -0.1) is 0 Å². The van der Waals surface area contributed by atoms with Crippen LogP contribution in [-0.2, 0) is 9.53 Å². The lowest BCUT2D eigenvalue weighted by Gasteiger charge is -2.36. The van der Waals surface area contributed by atoms with Crippen LogP contribution in [0.3, 0.4) is 0 Å². The molecule has 0 radical (unpaired) electrons. The van der Waals surface area contributed by atoms with Crippen molar-refractivity contribution in [3.05, 3.63) is 0 Å². The van der Waals surface area contributed by atoms with Crippen LogP contribution in [-0.4, -0.2) is 59.9 Å². The summed E-state index contributed by atoms with van der Waals surface area (Å²) in [6.45, 7) is 7.56. The molecule has 20 heavy (non-hydrogen) atoms. The zero-order valence-electron chi connectivity index (χ0n) is 12.7. The Labute approximate surface area is 121 Å². The summed E-state index contributed by atoms with van der Waals surface area (Å²) in [4.78, 5) is 13.9. The average molecular weight is 284 g/mol. The molecule has 0 bridgehead atoms. The average Bonchev–Trinajstić information content (AvgIpc) is 3.23. The molecule has 0 aromatic carbocycles. The second-order valence-corrected chi connectivity index (χ2v) is 6.33. The first-order valence-corrected chi connectivity index (χ1v) is 7.88. The molecule has 2 aliphatic rings. The number of nitrogens with zero attached hydrogens (tertiary/aromatic N) is 1. The van der Waals surface area contributed by atoms with Crippen molar-refractivity contribution in [2.75, 3.05) is 26.3 Å². The van der Waals surface area contributed by atoms with Crippen molar-refractivity contribution < 1.29 is 14.6 Å². The van der Waals surface area contributed by atoms with Gasteiger partial charge in [-0.05, 0) is 45.6 Å². The highest BCUT2D eigenvalue weighted by Gasteiger charge is 2.38. The Morgan fingerprint density at radius 2 is 2.25 bits per heavy atom. The van der Waals surface area contributed by atoms with Gasteiger partial charge in [0, 0.05) is 18.6 Å². The smallest absolute Gasteiger partial charge is 0.323 e. The molecule has 2 unspecified atom stereocenters. The summed E-state index contributed by atoms with van der Waals surface area (Å²) in [6, 6.07) is 0.916. The first-order valence-electron chi connectivity index (χ1n) is 7.88. The molecular weight excluding hydrogens is 256 g/mol. The lowest BCUT2D eigenvalue weighted by molar-refractivity contribution is -0.144. The van der Waals surface area contributed by atoms with E-state index < -0.39 is 11.5 Å². The maximum Gasteiger partial charge on any atom is 0.323 e. The number of nitrogens with one attached hydrogen (secondary N) is 1. The van der Waals surface area contributed by atoms with Crippen molar-refractivity contribution in [2.24, 2.45) is 0 Å². The van der Waals surface area contributed by atoms with Crippen molar-refractivity contribution >= 4 is 5.97 Å². The first kappa shape index (κ1) is 15.7. The molecule has 1 heterocycles. The van der Waals surface area contributed by atoms with Gasteiger partial charge in [0.2, 0.25) is 0 Å². The molecule has 1 aliphatic carbocycles. The van der Waals surface area contributed by atoms with Crippen LogP contribution >= 0.6 is 0 Å². The Morgan fingerprint density at radius 1 is 1.50 bits per heavy atom. The van der Waals surface area contributed by atoms with E-state index in [0.717, 1.165) is 52.0 Å². The molecule has 2 atom stereocenters. The molecule has 0 spiro atoms. The molecule has 0 amide bonds. The number of rotatable bonds is 8. The molecule has 1 saturated heterocycles. The van der Waals surface area contributed by atoms with Crippen LogP contribution in [0, 0.1) is 0 Å². The van der Waals surface area contributed by atoms with Crippen molar-refractivity contribution in [1.82, 2.24) is 10.2 Å². The SMILES string of the molecule is CCC1COCCN1CCCC(C)(NC1CC1)C(=O)O. The molecular formula is C15H28N2O3. The molecule has 5 nitrogen and oxygen atoms in total. The minimum absolute atomic E-state index is 0.419. The molecule has 2 fully saturated rings. The number of ether oxygens (including phenoxy) is 1. The van der Waals surface area contributed by atoms with Crippen molar-refractivity contribution in [1.29, 1.82) is 0 Å². The highest BCUT2D eigenvalue weighted by Crippen LogP contribution is 2.25. The summed E-state index contributed by atoms with van der Waals surface area (Å²) in [5.74, 6) is -0.724. The van der Waals surface area contributed by atoms with Crippen molar-refractivity contribution in [3.8, 4) is 0 Å². The van der Waals surface area contributed by atoms with Gasteiger partial charge in [0.1, 0.15) is 5.54 Å². The number of carbonyl (C=O) groups is 1. The van der Waals surface area contributed by atoms with Crippen LogP contribution in [0.5, 0.6) is 0 Å². The third-order valence-corrected chi connectivity index (χ3v) is 4.51. The molecule has 0 aromatic rings. The summed E-state index contributed by atoms with van der Waals surface area (Å²) in [6.07, 6.45) is 4.93. The molecule has 0 aromatic heterocycles. The summed E-state index contributed by atoms with van der Waals surface area (Å²) in [5.41, 5.74) is -0.769. The zero-order valence-corrected chi connectivity index (χ0v) is 12.7. The van der Waals surface area contributed by atoms with Crippen LogP contribution in [0.15, 0.2) is 0 Å². The normalized spacial score (nSPS) is 27.2. The quantitative estimate of drug-likeness (QED) is 0.707. The number of carboxylic acid groups (broad SMARTS) is 1. The minimum atomic E-state index is -0.769. The van der Waals surface area contributed by atoms with Gasteiger partial charge in [-0.3, -0.25) is 15.0 Å². The number of hydrogen-bond acceptors (Lipinski definition) is 4. The molecule has 116 valence electrons. The fraction of sp³-hybridized carbons (Fsp3) is 0.933. The predicted octanol–water partition coefficient (Wildman–Crippen LogP) is 1.47. The van der Waals surface area contributed by atoms with Gasteiger partial charge < -0.3 is 9.84 Å². The second kappa shape index (κ2) is 6.87. The fourth-order valence-corrected chi connectivity index (χ4v) is 2.91. The van der Waals surface area contributed by atoms with E-state index in [1.54, 1.807) is 0 Å². The number of morpholine rings is 1. The Kier molecular flexibility index (Phi) is 5.41. The maximum atomic E-state index is 11.5. The summed E-state index contributed by atoms with van der Waals surface area (Å²) >= 11 is 0. The largest absolute Gasteiger partial charge is 0.480 e. The second-order valence-electron chi connectivity index (χ2n) is 6.33.